The Morgan fingerprint density at radius 2 is 1.69 bits per heavy atom. The summed E-state index contributed by atoms with van der Waals surface area (Å²) >= 11 is 0. The van der Waals surface area contributed by atoms with Crippen molar-refractivity contribution in [3.05, 3.63) is 30.1 Å². The standard InChI is InChI=1S/C19H28FN5O/c20-16-1-3-17(4-2-16)23-7-9-24(10-8-23)18(21)22-15-19(5-6-19)25-11-13-26-14-12-25/h1-4H,5-15H2,(H2,21,22). The minimum Gasteiger partial charge on any atom is -0.379 e. The average molecular weight is 361 g/mol. The van der Waals surface area contributed by atoms with E-state index in [-0.39, 0.29) is 11.4 Å². The van der Waals surface area contributed by atoms with E-state index in [9.17, 15) is 4.39 Å². The lowest BCUT2D eigenvalue weighted by atomic mass is 10.2. The number of anilines is 1. The Morgan fingerprint density at radius 3 is 2.31 bits per heavy atom. The number of nitrogens with two attached hydrogens (primary N) is 1. The maximum Gasteiger partial charge on any atom is 0.191 e. The van der Waals surface area contributed by atoms with Crippen molar-refractivity contribution in [3.8, 4) is 0 Å². The maximum atomic E-state index is 13.1. The molecule has 4 rings (SSSR count). The molecule has 1 aromatic carbocycles. The molecule has 142 valence electrons. The fourth-order valence-corrected chi connectivity index (χ4v) is 3.93. The van der Waals surface area contributed by atoms with Gasteiger partial charge in [-0.3, -0.25) is 9.89 Å². The monoisotopic (exact) mass is 361 g/mol. The summed E-state index contributed by atoms with van der Waals surface area (Å²) in [6.45, 7) is 7.88. The van der Waals surface area contributed by atoms with Gasteiger partial charge < -0.3 is 20.3 Å². The minimum atomic E-state index is -0.196. The Labute approximate surface area is 154 Å². The van der Waals surface area contributed by atoms with E-state index >= 15 is 0 Å². The van der Waals surface area contributed by atoms with Gasteiger partial charge in [0.1, 0.15) is 5.82 Å². The van der Waals surface area contributed by atoms with E-state index in [2.05, 4.69) is 14.7 Å². The topological polar surface area (TPSA) is 57.3 Å². The van der Waals surface area contributed by atoms with Gasteiger partial charge in [-0.25, -0.2) is 4.39 Å². The summed E-state index contributed by atoms with van der Waals surface area (Å²) in [5, 5.41) is 0. The van der Waals surface area contributed by atoms with Crippen LogP contribution in [-0.4, -0.2) is 80.3 Å². The van der Waals surface area contributed by atoms with Crippen LogP contribution in [-0.2, 0) is 4.74 Å². The molecule has 0 bridgehead atoms. The Hall–Kier alpha value is -1.86. The van der Waals surface area contributed by atoms with Gasteiger partial charge in [-0.1, -0.05) is 0 Å². The third-order valence-corrected chi connectivity index (χ3v) is 5.84. The molecule has 0 atom stereocenters. The van der Waals surface area contributed by atoms with Crippen molar-refractivity contribution < 1.29 is 9.13 Å². The average Bonchev–Trinajstić information content (AvgIpc) is 3.49. The van der Waals surface area contributed by atoms with Crippen LogP contribution in [0.25, 0.3) is 0 Å². The van der Waals surface area contributed by atoms with Crippen molar-refractivity contribution in [2.45, 2.75) is 18.4 Å². The van der Waals surface area contributed by atoms with E-state index in [0.29, 0.717) is 5.96 Å². The smallest absolute Gasteiger partial charge is 0.191 e. The molecule has 1 saturated carbocycles. The highest BCUT2D eigenvalue weighted by Gasteiger charge is 2.48. The fraction of sp³-hybridized carbons (Fsp3) is 0.632. The first kappa shape index (κ1) is 17.5. The summed E-state index contributed by atoms with van der Waals surface area (Å²) in [4.78, 5) is 11.7. The largest absolute Gasteiger partial charge is 0.379 e. The molecular weight excluding hydrogens is 333 g/mol. The molecule has 0 amide bonds. The number of aliphatic imine (C=N–C) groups is 1. The molecule has 1 aliphatic carbocycles. The lowest BCUT2D eigenvalue weighted by Gasteiger charge is -2.37. The molecule has 3 fully saturated rings. The Balaban J connectivity index is 1.30. The molecule has 2 saturated heterocycles. The SMILES string of the molecule is NC(=NCC1(N2CCOCC2)CC1)N1CCN(c2ccc(F)cc2)CC1. The lowest BCUT2D eigenvalue weighted by molar-refractivity contribution is 0.0117. The maximum absolute atomic E-state index is 13.1. The highest BCUT2D eigenvalue weighted by atomic mass is 19.1. The number of halogens is 1. The lowest BCUT2D eigenvalue weighted by Crippen LogP contribution is -2.52. The molecule has 0 aromatic heterocycles. The van der Waals surface area contributed by atoms with Crippen molar-refractivity contribution >= 4 is 11.6 Å². The second-order valence-electron chi connectivity index (χ2n) is 7.45. The summed E-state index contributed by atoms with van der Waals surface area (Å²) in [6, 6.07) is 6.69. The highest BCUT2D eigenvalue weighted by molar-refractivity contribution is 5.78. The van der Waals surface area contributed by atoms with Crippen molar-refractivity contribution in [2.24, 2.45) is 10.7 Å². The Bertz CT molecular complexity index is 632. The number of guanidine groups is 1. The Morgan fingerprint density at radius 1 is 1.04 bits per heavy atom. The van der Waals surface area contributed by atoms with Crippen LogP contribution in [0, 0.1) is 5.82 Å². The molecule has 3 aliphatic rings. The molecule has 7 heteroatoms. The predicted octanol–water partition coefficient (Wildman–Crippen LogP) is 1.13. The second kappa shape index (κ2) is 7.40. The normalized spacial score (nSPS) is 24.0. The summed E-state index contributed by atoms with van der Waals surface area (Å²) in [6.07, 6.45) is 2.42. The zero-order valence-corrected chi connectivity index (χ0v) is 15.2. The Kier molecular flexibility index (Phi) is 5.00. The molecule has 0 spiro atoms. The van der Waals surface area contributed by atoms with Gasteiger partial charge in [0.05, 0.1) is 19.8 Å². The quantitative estimate of drug-likeness (QED) is 0.644. The number of rotatable bonds is 4. The van der Waals surface area contributed by atoms with Gasteiger partial charge in [-0.2, -0.15) is 0 Å². The first-order valence-corrected chi connectivity index (χ1v) is 9.55. The first-order chi connectivity index (χ1) is 12.7. The van der Waals surface area contributed by atoms with Crippen molar-refractivity contribution in [1.29, 1.82) is 0 Å². The van der Waals surface area contributed by atoms with Gasteiger partial charge >= 0.3 is 0 Å². The number of morpholine rings is 1. The number of benzene rings is 1. The molecular formula is C19H28FN5O. The van der Waals surface area contributed by atoms with Gasteiger partial charge in [-0.05, 0) is 37.1 Å². The van der Waals surface area contributed by atoms with Crippen LogP contribution in [0.4, 0.5) is 10.1 Å². The minimum absolute atomic E-state index is 0.196. The van der Waals surface area contributed by atoms with Crippen LogP contribution in [0.1, 0.15) is 12.8 Å². The third kappa shape index (κ3) is 3.78. The van der Waals surface area contributed by atoms with E-state index in [0.717, 1.165) is 64.7 Å². The molecule has 0 radical (unpaired) electrons. The number of nitrogens with zero attached hydrogens (tertiary/aromatic N) is 4. The molecule has 26 heavy (non-hydrogen) atoms. The summed E-state index contributed by atoms with van der Waals surface area (Å²) in [5.41, 5.74) is 7.57. The predicted molar refractivity (Wildman–Crippen MR) is 101 cm³/mol. The van der Waals surface area contributed by atoms with Crippen molar-refractivity contribution in [3.63, 3.8) is 0 Å². The van der Waals surface area contributed by atoms with E-state index in [4.69, 9.17) is 15.5 Å². The van der Waals surface area contributed by atoms with Gasteiger partial charge in [-0.15, -0.1) is 0 Å². The highest BCUT2D eigenvalue weighted by Crippen LogP contribution is 2.42. The van der Waals surface area contributed by atoms with E-state index in [1.807, 2.05) is 12.1 Å². The summed E-state index contributed by atoms with van der Waals surface area (Å²) in [5.74, 6) is 0.460. The van der Waals surface area contributed by atoms with Gasteiger partial charge in [0.25, 0.3) is 0 Å². The zero-order valence-electron chi connectivity index (χ0n) is 15.2. The first-order valence-electron chi connectivity index (χ1n) is 9.55. The number of piperazine rings is 1. The fourth-order valence-electron chi connectivity index (χ4n) is 3.93. The van der Waals surface area contributed by atoms with Crippen LogP contribution < -0.4 is 10.6 Å². The van der Waals surface area contributed by atoms with Crippen molar-refractivity contribution in [1.82, 2.24) is 9.80 Å². The molecule has 0 unspecified atom stereocenters. The number of hydrogen-bond acceptors (Lipinski definition) is 4. The van der Waals surface area contributed by atoms with Crippen LogP contribution >= 0.6 is 0 Å². The number of hydrogen-bond donors (Lipinski definition) is 1. The van der Waals surface area contributed by atoms with Gasteiger partial charge in [0.15, 0.2) is 5.96 Å². The summed E-state index contributed by atoms with van der Waals surface area (Å²) in [7, 11) is 0. The van der Waals surface area contributed by atoms with Crippen molar-refractivity contribution in [2.75, 3.05) is 63.9 Å². The zero-order chi connectivity index (χ0) is 18.0. The molecule has 1 aromatic rings. The van der Waals surface area contributed by atoms with Crippen LogP contribution in [0.15, 0.2) is 29.3 Å². The molecule has 2 N–H and O–H groups in total. The van der Waals surface area contributed by atoms with Gasteiger partial charge in [0.2, 0.25) is 0 Å². The van der Waals surface area contributed by atoms with Crippen LogP contribution in [0.2, 0.25) is 0 Å². The van der Waals surface area contributed by atoms with Crippen LogP contribution in [0.5, 0.6) is 0 Å². The number of ether oxygens (including phenoxy) is 1. The third-order valence-electron chi connectivity index (χ3n) is 5.84. The van der Waals surface area contributed by atoms with E-state index in [1.54, 1.807) is 0 Å². The second-order valence-corrected chi connectivity index (χ2v) is 7.45. The molecule has 2 heterocycles. The van der Waals surface area contributed by atoms with E-state index < -0.39 is 0 Å². The summed E-state index contributed by atoms with van der Waals surface area (Å²) < 4.78 is 18.5. The van der Waals surface area contributed by atoms with Crippen LogP contribution in [0.3, 0.4) is 0 Å². The molecule has 6 nitrogen and oxygen atoms in total. The van der Waals surface area contributed by atoms with Gasteiger partial charge in [0, 0.05) is 50.5 Å². The molecule has 2 aliphatic heterocycles. The van der Waals surface area contributed by atoms with E-state index in [1.165, 1.54) is 25.0 Å².